The van der Waals surface area contributed by atoms with Crippen LogP contribution in [0.1, 0.15) is 5.56 Å². The number of ether oxygens (including phenoxy) is 1. The summed E-state index contributed by atoms with van der Waals surface area (Å²) in [7, 11) is 0. The molecule has 0 spiro atoms. The van der Waals surface area contributed by atoms with Gasteiger partial charge in [-0.3, -0.25) is 0 Å². The van der Waals surface area contributed by atoms with Gasteiger partial charge in [-0.05, 0) is 42.0 Å². The van der Waals surface area contributed by atoms with Crippen molar-refractivity contribution in [2.75, 3.05) is 0 Å². The third kappa shape index (κ3) is 3.39. The van der Waals surface area contributed by atoms with Gasteiger partial charge in [-0.25, -0.2) is 14.4 Å². The van der Waals surface area contributed by atoms with Crippen LogP contribution in [0.4, 0.5) is 4.39 Å². The van der Waals surface area contributed by atoms with E-state index in [-0.39, 0.29) is 5.82 Å². The number of halogens is 1. The van der Waals surface area contributed by atoms with Gasteiger partial charge in [-0.1, -0.05) is 36.4 Å². The number of nitrogens with zero attached hydrogens (tertiary/aromatic N) is 4. The molecule has 0 amide bonds. The molecule has 0 bridgehead atoms. The van der Waals surface area contributed by atoms with Crippen LogP contribution in [0.15, 0.2) is 91.4 Å². The van der Waals surface area contributed by atoms with E-state index in [4.69, 9.17) is 9.84 Å². The van der Waals surface area contributed by atoms with Crippen molar-refractivity contribution in [2.24, 2.45) is 0 Å². The van der Waals surface area contributed by atoms with Crippen LogP contribution in [0.3, 0.4) is 0 Å². The highest BCUT2D eigenvalue weighted by Crippen LogP contribution is 2.35. The summed E-state index contributed by atoms with van der Waals surface area (Å²) < 4.78 is 21.3. The van der Waals surface area contributed by atoms with Gasteiger partial charge in [-0.15, -0.1) is 0 Å². The lowest BCUT2D eigenvalue weighted by atomic mass is 10.0. The lowest BCUT2D eigenvalue weighted by Crippen LogP contribution is -2.01. The Morgan fingerprint density at radius 3 is 2.47 bits per heavy atom. The highest BCUT2D eigenvalue weighted by Gasteiger charge is 2.19. The second-order valence-electron chi connectivity index (χ2n) is 6.76. The maximum Gasteiger partial charge on any atom is 0.215 e. The standard InChI is InChI=1S/C24H17FN4O/c25-19-11-9-18(10-12-19)24-23(20-13-14-26-16-27-20)21-7-4-8-22(29(21)28-24)30-15-17-5-2-1-3-6-17/h1-14,16H,15H2. The van der Waals surface area contributed by atoms with Gasteiger partial charge in [0.25, 0.3) is 0 Å². The molecule has 5 rings (SSSR count). The van der Waals surface area contributed by atoms with Gasteiger partial charge in [0.05, 0.1) is 16.8 Å². The zero-order valence-corrected chi connectivity index (χ0v) is 15.9. The average molecular weight is 396 g/mol. The van der Waals surface area contributed by atoms with Crippen molar-refractivity contribution >= 4 is 5.52 Å². The molecule has 3 heterocycles. The zero-order chi connectivity index (χ0) is 20.3. The number of rotatable bonds is 5. The summed E-state index contributed by atoms with van der Waals surface area (Å²) in [4.78, 5) is 8.44. The van der Waals surface area contributed by atoms with E-state index in [0.717, 1.165) is 27.9 Å². The van der Waals surface area contributed by atoms with Crippen molar-refractivity contribution in [1.82, 2.24) is 19.6 Å². The van der Waals surface area contributed by atoms with E-state index in [1.807, 2.05) is 54.6 Å². The average Bonchev–Trinajstić information content (AvgIpc) is 3.19. The van der Waals surface area contributed by atoms with Crippen molar-refractivity contribution in [2.45, 2.75) is 6.61 Å². The molecule has 0 radical (unpaired) electrons. The molecule has 5 nitrogen and oxygen atoms in total. The summed E-state index contributed by atoms with van der Waals surface area (Å²) >= 11 is 0. The van der Waals surface area contributed by atoms with Crippen LogP contribution in [0, 0.1) is 5.82 Å². The monoisotopic (exact) mass is 396 g/mol. The first-order valence-corrected chi connectivity index (χ1v) is 9.50. The molecular weight excluding hydrogens is 379 g/mol. The molecule has 2 aromatic carbocycles. The van der Waals surface area contributed by atoms with E-state index in [9.17, 15) is 4.39 Å². The molecule has 3 aromatic heterocycles. The van der Waals surface area contributed by atoms with Crippen molar-refractivity contribution in [3.63, 3.8) is 0 Å². The Morgan fingerprint density at radius 2 is 1.70 bits per heavy atom. The summed E-state index contributed by atoms with van der Waals surface area (Å²) in [6.45, 7) is 0.425. The first-order valence-electron chi connectivity index (χ1n) is 9.50. The molecule has 0 saturated heterocycles. The Morgan fingerprint density at radius 1 is 0.867 bits per heavy atom. The summed E-state index contributed by atoms with van der Waals surface area (Å²) in [5.41, 5.74) is 4.98. The highest BCUT2D eigenvalue weighted by atomic mass is 19.1. The molecule has 0 aliphatic heterocycles. The molecule has 0 saturated carbocycles. The number of pyridine rings is 1. The molecule has 5 aromatic rings. The van der Waals surface area contributed by atoms with Crippen molar-refractivity contribution in [1.29, 1.82) is 0 Å². The second kappa shape index (κ2) is 7.75. The van der Waals surface area contributed by atoms with Gasteiger partial charge >= 0.3 is 0 Å². The first-order chi connectivity index (χ1) is 14.8. The number of fused-ring (bicyclic) bond motifs is 1. The predicted molar refractivity (Wildman–Crippen MR) is 112 cm³/mol. The van der Waals surface area contributed by atoms with Gasteiger partial charge < -0.3 is 4.74 Å². The zero-order valence-electron chi connectivity index (χ0n) is 15.9. The lowest BCUT2D eigenvalue weighted by Gasteiger charge is -2.08. The van der Waals surface area contributed by atoms with Gasteiger partial charge in [0.15, 0.2) is 0 Å². The minimum atomic E-state index is -0.294. The first kappa shape index (κ1) is 18.0. The van der Waals surface area contributed by atoms with Crippen LogP contribution >= 0.6 is 0 Å². The fraction of sp³-hybridized carbons (Fsp3) is 0.0417. The van der Waals surface area contributed by atoms with Crippen LogP contribution in [0.5, 0.6) is 5.88 Å². The minimum Gasteiger partial charge on any atom is -0.473 e. The van der Waals surface area contributed by atoms with E-state index < -0.39 is 0 Å². The molecule has 0 fully saturated rings. The molecule has 30 heavy (non-hydrogen) atoms. The van der Waals surface area contributed by atoms with Crippen LogP contribution in [-0.2, 0) is 6.61 Å². The van der Waals surface area contributed by atoms with Crippen molar-refractivity contribution < 1.29 is 9.13 Å². The summed E-state index contributed by atoms with van der Waals surface area (Å²) in [6.07, 6.45) is 3.19. The smallest absolute Gasteiger partial charge is 0.215 e. The SMILES string of the molecule is Fc1ccc(-c2nn3c(OCc4ccccc4)cccc3c2-c2ccncn2)cc1. The molecule has 0 atom stereocenters. The lowest BCUT2D eigenvalue weighted by molar-refractivity contribution is 0.286. The fourth-order valence-corrected chi connectivity index (χ4v) is 3.39. The molecule has 0 unspecified atom stereocenters. The van der Waals surface area contributed by atoms with E-state index in [1.54, 1.807) is 22.8 Å². The third-order valence-corrected chi connectivity index (χ3v) is 4.81. The predicted octanol–water partition coefficient (Wildman–Crippen LogP) is 5.18. The maximum atomic E-state index is 13.5. The third-order valence-electron chi connectivity index (χ3n) is 4.81. The Bertz CT molecular complexity index is 1290. The molecule has 0 aliphatic rings. The van der Waals surface area contributed by atoms with E-state index in [0.29, 0.717) is 18.2 Å². The highest BCUT2D eigenvalue weighted by molar-refractivity contribution is 5.91. The number of hydrogen-bond donors (Lipinski definition) is 0. The summed E-state index contributed by atoms with van der Waals surface area (Å²) in [6, 6.07) is 23.8. The normalized spacial score (nSPS) is 11.0. The van der Waals surface area contributed by atoms with E-state index in [2.05, 4.69) is 9.97 Å². The van der Waals surface area contributed by atoms with Crippen LogP contribution < -0.4 is 4.74 Å². The van der Waals surface area contributed by atoms with E-state index >= 15 is 0 Å². The molecule has 0 N–H and O–H groups in total. The fourth-order valence-electron chi connectivity index (χ4n) is 3.39. The maximum absolute atomic E-state index is 13.5. The van der Waals surface area contributed by atoms with Gasteiger partial charge in [0.2, 0.25) is 5.88 Å². The van der Waals surface area contributed by atoms with Crippen LogP contribution in [-0.4, -0.2) is 19.6 Å². The quantitative estimate of drug-likeness (QED) is 0.411. The van der Waals surface area contributed by atoms with Crippen molar-refractivity contribution in [3.05, 3.63) is 103 Å². The molecule has 6 heteroatoms. The Labute approximate surface area is 172 Å². The largest absolute Gasteiger partial charge is 0.473 e. The topological polar surface area (TPSA) is 52.3 Å². The molecule has 146 valence electrons. The Balaban J connectivity index is 1.65. The van der Waals surface area contributed by atoms with Gasteiger partial charge in [0, 0.05) is 17.8 Å². The Hall–Kier alpha value is -4.06. The number of aromatic nitrogens is 4. The summed E-state index contributed by atoms with van der Waals surface area (Å²) in [5.74, 6) is 0.318. The minimum absolute atomic E-state index is 0.294. The van der Waals surface area contributed by atoms with Crippen LogP contribution in [0.2, 0.25) is 0 Å². The van der Waals surface area contributed by atoms with Crippen molar-refractivity contribution in [3.8, 4) is 28.4 Å². The van der Waals surface area contributed by atoms with E-state index in [1.165, 1.54) is 18.5 Å². The number of benzene rings is 2. The Kier molecular flexibility index (Phi) is 4.65. The van der Waals surface area contributed by atoms with Gasteiger partial charge in [-0.2, -0.15) is 9.61 Å². The number of hydrogen-bond acceptors (Lipinski definition) is 4. The van der Waals surface area contributed by atoms with Crippen LogP contribution in [0.25, 0.3) is 28.0 Å². The van der Waals surface area contributed by atoms with Gasteiger partial charge in [0.1, 0.15) is 24.4 Å². The molecule has 0 aliphatic carbocycles. The summed E-state index contributed by atoms with van der Waals surface area (Å²) in [5, 5.41) is 4.81. The second-order valence-corrected chi connectivity index (χ2v) is 6.76. The molecular formula is C24H17FN4O.